The largest absolute Gasteiger partial charge is 0.497 e. The van der Waals surface area contributed by atoms with Crippen molar-refractivity contribution < 1.29 is 9.53 Å². The lowest BCUT2D eigenvalue weighted by molar-refractivity contribution is -0.137. The number of carbonyl (C=O) groups is 1. The highest BCUT2D eigenvalue weighted by Gasteiger charge is 2.36. The van der Waals surface area contributed by atoms with E-state index in [0.29, 0.717) is 13.1 Å². The van der Waals surface area contributed by atoms with Crippen LogP contribution >= 0.6 is 0 Å². The minimum absolute atomic E-state index is 0.0850. The van der Waals surface area contributed by atoms with Crippen molar-refractivity contribution in [1.82, 2.24) is 14.7 Å². The number of nitrogens with zero attached hydrogens (tertiary/aromatic N) is 4. The minimum atomic E-state index is -0.131. The molecule has 26 heavy (non-hydrogen) atoms. The summed E-state index contributed by atoms with van der Waals surface area (Å²) < 4.78 is 7.07. The molecule has 1 aromatic heterocycles. The monoisotopic (exact) mass is 356 g/mol. The number of benzene rings is 1. The molecule has 6 nitrogen and oxygen atoms in total. The number of carbonyl (C=O) groups excluding carboxylic acids is 1. The van der Waals surface area contributed by atoms with Crippen LogP contribution in [-0.4, -0.2) is 52.9 Å². The number of hydrogen-bond acceptors (Lipinski definition) is 4. The van der Waals surface area contributed by atoms with Crippen molar-refractivity contribution >= 4 is 11.6 Å². The van der Waals surface area contributed by atoms with Crippen LogP contribution in [0.3, 0.4) is 0 Å². The van der Waals surface area contributed by atoms with Gasteiger partial charge in [0, 0.05) is 37.7 Å². The van der Waals surface area contributed by atoms with Gasteiger partial charge >= 0.3 is 0 Å². The van der Waals surface area contributed by atoms with Crippen LogP contribution in [0.5, 0.6) is 5.75 Å². The highest BCUT2D eigenvalue weighted by molar-refractivity contribution is 5.79. The van der Waals surface area contributed by atoms with Gasteiger partial charge in [-0.05, 0) is 44.2 Å². The minimum Gasteiger partial charge on any atom is -0.497 e. The van der Waals surface area contributed by atoms with Crippen LogP contribution in [0.2, 0.25) is 0 Å². The van der Waals surface area contributed by atoms with Gasteiger partial charge in [-0.1, -0.05) is 6.92 Å². The lowest BCUT2D eigenvalue weighted by atomic mass is 9.96. The molecule has 0 spiro atoms. The molecular formula is C20H28N4O2. The van der Waals surface area contributed by atoms with Crippen molar-refractivity contribution in [3.63, 3.8) is 0 Å². The fourth-order valence-electron chi connectivity index (χ4n) is 3.66. The summed E-state index contributed by atoms with van der Waals surface area (Å²) in [5.41, 5.74) is 1.03. The average Bonchev–Trinajstić information content (AvgIpc) is 3.13. The topological polar surface area (TPSA) is 50.6 Å². The summed E-state index contributed by atoms with van der Waals surface area (Å²) in [5, 5.41) is 4.21. The van der Waals surface area contributed by atoms with E-state index in [4.69, 9.17) is 4.74 Å². The Kier molecular flexibility index (Phi) is 5.20. The molecule has 0 aliphatic carbocycles. The molecule has 0 saturated carbocycles. The molecule has 140 valence electrons. The van der Waals surface area contributed by atoms with E-state index in [-0.39, 0.29) is 17.4 Å². The van der Waals surface area contributed by atoms with Crippen LogP contribution in [0.1, 0.15) is 20.8 Å². The first-order valence-corrected chi connectivity index (χ1v) is 9.08. The third kappa shape index (κ3) is 3.84. The van der Waals surface area contributed by atoms with E-state index >= 15 is 0 Å². The second-order valence-corrected chi connectivity index (χ2v) is 7.55. The van der Waals surface area contributed by atoms with Crippen LogP contribution in [0.25, 0.3) is 0 Å². The number of ether oxygens (including phenoxy) is 1. The third-order valence-corrected chi connectivity index (χ3v) is 5.04. The quantitative estimate of drug-likeness (QED) is 0.826. The molecular weight excluding hydrogens is 328 g/mol. The second-order valence-electron chi connectivity index (χ2n) is 7.55. The fraction of sp³-hybridized carbons (Fsp3) is 0.500. The number of amides is 1. The Hall–Kier alpha value is -2.50. The first-order chi connectivity index (χ1) is 12.4. The van der Waals surface area contributed by atoms with Gasteiger partial charge in [0.25, 0.3) is 0 Å². The molecule has 1 saturated heterocycles. The Morgan fingerprint density at radius 3 is 2.58 bits per heavy atom. The van der Waals surface area contributed by atoms with E-state index in [9.17, 15) is 4.79 Å². The molecule has 0 N–H and O–H groups in total. The third-order valence-electron chi connectivity index (χ3n) is 5.04. The van der Waals surface area contributed by atoms with E-state index in [2.05, 4.69) is 36.0 Å². The van der Waals surface area contributed by atoms with Gasteiger partial charge in [0.15, 0.2) is 0 Å². The second kappa shape index (κ2) is 7.40. The Labute approximate surface area is 155 Å². The molecule has 0 unspecified atom stereocenters. The SMILES string of the molecule is COc1ccc(N2CCN(C(=O)[C@H](C)Cn3cccn3)CC2(C)C)cc1. The molecule has 1 fully saturated rings. The Balaban J connectivity index is 1.66. The van der Waals surface area contributed by atoms with Crippen molar-refractivity contribution in [1.29, 1.82) is 0 Å². The number of anilines is 1. The van der Waals surface area contributed by atoms with E-state index in [1.165, 1.54) is 0 Å². The molecule has 6 heteroatoms. The van der Waals surface area contributed by atoms with Crippen LogP contribution in [-0.2, 0) is 11.3 Å². The number of hydrogen-bond donors (Lipinski definition) is 0. The summed E-state index contributed by atoms with van der Waals surface area (Å²) in [7, 11) is 1.67. The van der Waals surface area contributed by atoms with Gasteiger partial charge < -0.3 is 14.5 Å². The van der Waals surface area contributed by atoms with Gasteiger partial charge in [-0.25, -0.2) is 0 Å². The molecule has 2 heterocycles. The van der Waals surface area contributed by atoms with Crippen LogP contribution in [0, 0.1) is 5.92 Å². The number of piperazine rings is 1. The molecule has 0 bridgehead atoms. The van der Waals surface area contributed by atoms with Crippen LogP contribution in [0.15, 0.2) is 42.7 Å². The molecule has 3 rings (SSSR count). The number of rotatable bonds is 5. The standard InChI is InChI=1S/C20H28N4O2/c1-16(14-23-11-5-10-21-23)19(25)22-12-13-24(20(2,3)15-22)17-6-8-18(26-4)9-7-17/h5-11,16H,12-15H2,1-4H3/t16-/m1/s1. The van der Waals surface area contributed by atoms with E-state index < -0.39 is 0 Å². The van der Waals surface area contributed by atoms with E-state index in [0.717, 1.165) is 24.5 Å². The predicted octanol–water partition coefficient (Wildman–Crippen LogP) is 2.66. The Morgan fingerprint density at radius 1 is 1.27 bits per heavy atom. The van der Waals surface area contributed by atoms with Crippen molar-refractivity contribution in [2.24, 2.45) is 5.92 Å². The molecule has 1 aliphatic rings. The zero-order valence-electron chi connectivity index (χ0n) is 16.1. The maximum absolute atomic E-state index is 12.9. The van der Waals surface area contributed by atoms with Crippen LogP contribution < -0.4 is 9.64 Å². The average molecular weight is 356 g/mol. The van der Waals surface area contributed by atoms with Crippen molar-refractivity contribution in [3.05, 3.63) is 42.7 Å². The normalized spacial score (nSPS) is 17.8. The van der Waals surface area contributed by atoms with E-state index in [1.54, 1.807) is 13.3 Å². The maximum Gasteiger partial charge on any atom is 0.227 e. The molecule has 0 radical (unpaired) electrons. The fourth-order valence-corrected chi connectivity index (χ4v) is 3.66. The predicted molar refractivity (Wildman–Crippen MR) is 102 cm³/mol. The molecule has 1 atom stereocenters. The zero-order chi connectivity index (χ0) is 18.7. The Bertz CT molecular complexity index is 725. The van der Waals surface area contributed by atoms with Gasteiger partial charge in [-0.3, -0.25) is 9.48 Å². The molecule has 1 amide bonds. The lowest BCUT2D eigenvalue weighted by Gasteiger charge is -2.49. The van der Waals surface area contributed by atoms with Crippen molar-refractivity contribution in [3.8, 4) is 5.75 Å². The molecule has 1 aliphatic heterocycles. The summed E-state index contributed by atoms with van der Waals surface area (Å²) in [6.45, 7) is 9.24. The van der Waals surface area contributed by atoms with Gasteiger partial charge in [0.05, 0.1) is 25.1 Å². The summed E-state index contributed by atoms with van der Waals surface area (Å²) >= 11 is 0. The van der Waals surface area contributed by atoms with Gasteiger partial charge in [-0.15, -0.1) is 0 Å². The summed E-state index contributed by atoms with van der Waals surface area (Å²) in [6, 6.07) is 10.0. The molecule has 2 aromatic rings. The first-order valence-electron chi connectivity index (χ1n) is 9.08. The number of methoxy groups -OCH3 is 1. The zero-order valence-corrected chi connectivity index (χ0v) is 16.1. The van der Waals surface area contributed by atoms with Crippen LogP contribution in [0.4, 0.5) is 5.69 Å². The smallest absolute Gasteiger partial charge is 0.227 e. The molecule has 1 aromatic carbocycles. The van der Waals surface area contributed by atoms with Gasteiger partial charge in [0.1, 0.15) is 5.75 Å². The first kappa shape index (κ1) is 18.3. The summed E-state index contributed by atoms with van der Waals surface area (Å²) in [4.78, 5) is 17.3. The highest BCUT2D eigenvalue weighted by Crippen LogP contribution is 2.30. The lowest BCUT2D eigenvalue weighted by Crippen LogP contribution is -2.61. The van der Waals surface area contributed by atoms with Crippen molar-refractivity contribution in [2.45, 2.75) is 32.9 Å². The maximum atomic E-state index is 12.9. The van der Waals surface area contributed by atoms with E-state index in [1.807, 2.05) is 40.9 Å². The highest BCUT2D eigenvalue weighted by atomic mass is 16.5. The Morgan fingerprint density at radius 2 is 2.00 bits per heavy atom. The summed E-state index contributed by atoms with van der Waals surface area (Å²) in [6.07, 6.45) is 3.64. The van der Waals surface area contributed by atoms with Gasteiger partial charge in [-0.2, -0.15) is 5.10 Å². The summed E-state index contributed by atoms with van der Waals surface area (Å²) in [5.74, 6) is 0.967. The number of aromatic nitrogens is 2. The van der Waals surface area contributed by atoms with Crippen molar-refractivity contribution in [2.75, 3.05) is 31.6 Å². The van der Waals surface area contributed by atoms with Gasteiger partial charge in [0.2, 0.25) is 5.91 Å².